The van der Waals surface area contributed by atoms with E-state index < -0.39 is 15.8 Å². The summed E-state index contributed by atoms with van der Waals surface area (Å²) >= 11 is 0. The fraction of sp³-hybridized carbons (Fsp3) is 0.364. The van der Waals surface area contributed by atoms with Crippen molar-refractivity contribution in [3.63, 3.8) is 0 Å². The highest BCUT2D eigenvalue weighted by molar-refractivity contribution is 7.89. The molecule has 1 aliphatic heterocycles. The third-order valence-corrected chi connectivity index (χ3v) is 7.65. The Balaban J connectivity index is 1.53. The van der Waals surface area contributed by atoms with E-state index in [9.17, 15) is 17.6 Å². The minimum atomic E-state index is -3.89. The third kappa shape index (κ3) is 4.20. The smallest absolute Gasteiger partial charge is 0.279 e. The van der Waals surface area contributed by atoms with Crippen molar-refractivity contribution in [1.82, 2.24) is 18.7 Å². The monoisotopic (exact) mass is 444 g/mol. The summed E-state index contributed by atoms with van der Waals surface area (Å²) in [5.41, 5.74) is 0.825. The molecule has 2 heterocycles. The Morgan fingerprint density at radius 1 is 1.03 bits per heavy atom. The molecule has 0 unspecified atom stereocenters. The lowest BCUT2D eigenvalue weighted by Gasteiger charge is -2.30. The quantitative estimate of drug-likeness (QED) is 0.586. The zero-order valence-corrected chi connectivity index (χ0v) is 18.1. The molecule has 1 aromatic heterocycles. The van der Waals surface area contributed by atoms with Gasteiger partial charge < -0.3 is 0 Å². The summed E-state index contributed by atoms with van der Waals surface area (Å²) in [4.78, 5) is 12.5. The van der Waals surface area contributed by atoms with Crippen LogP contribution in [0.3, 0.4) is 0 Å². The first-order valence-electron chi connectivity index (χ1n) is 10.4. The number of benzene rings is 2. The number of hydrogen-bond donors (Lipinski definition) is 0. The van der Waals surface area contributed by atoms with Gasteiger partial charge in [-0.2, -0.15) is 9.40 Å². The lowest BCUT2D eigenvalue weighted by molar-refractivity contribution is 0.307. The molecule has 0 amide bonds. The van der Waals surface area contributed by atoms with Gasteiger partial charge in [-0.3, -0.25) is 4.57 Å². The molecular formula is C22H25FN4O3S. The fourth-order valence-corrected chi connectivity index (χ4v) is 5.60. The molecule has 1 saturated heterocycles. The van der Waals surface area contributed by atoms with E-state index in [1.54, 1.807) is 4.57 Å². The lowest BCUT2D eigenvalue weighted by atomic mass is 9.97. The second-order valence-electron chi connectivity index (χ2n) is 7.64. The number of rotatable bonds is 6. The van der Waals surface area contributed by atoms with Gasteiger partial charge in [0.05, 0.1) is 6.54 Å². The summed E-state index contributed by atoms with van der Waals surface area (Å²) in [6, 6.07) is 15.1. The van der Waals surface area contributed by atoms with E-state index in [0.717, 1.165) is 11.6 Å². The molecule has 7 nitrogen and oxygen atoms in total. The number of piperidine rings is 1. The molecule has 0 aliphatic carbocycles. The first-order valence-corrected chi connectivity index (χ1v) is 11.8. The molecule has 31 heavy (non-hydrogen) atoms. The SMILES string of the molecule is CCn1c(C2CCN(S(=O)(=O)c3ccccc3F)CC2)nn(Cc2ccccc2)c1=O. The largest absolute Gasteiger partial charge is 0.346 e. The number of aromatic nitrogens is 3. The van der Waals surface area contributed by atoms with Gasteiger partial charge in [-0.15, -0.1) is 0 Å². The summed E-state index contributed by atoms with van der Waals surface area (Å²) in [5.74, 6) is -0.0905. The van der Waals surface area contributed by atoms with Crippen molar-refractivity contribution in [1.29, 1.82) is 0 Å². The van der Waals surface area contributed by atoms with Crippen molar-refractivity contribution < 1.29 is 12.8 Å². The molecule has 0 radical (unpaired) electrons. The van der Waals surface area contributed by atoms with Crippen LogP contribution in [0.4, 0.5) is 4.39 Å². The molecule has 2 aromatic carbocycles. The Morgan fingerprint density at radius 2 is 1.68 bits per heavy atom. The Labute approximate surface area is 180 Å². The minimum absolute atomic E-state index is 0.0308. The fourth-order valence-electron chi connectivity index (χ4n) is 4.06. The first-order chi connectivity index (χ1) is 14.9. The van der Waals surface area contributed by atoms with Gasteiger partial charge in [0, 0.05) is 25.6 Å². The highest BCUT2D eigenvalue weighted by Crippen LogP contribution is 2.30. The van der Waals surface area contributed by atoms with E-state index in [0.29, 0.717) is 31.8 Å². The Hall–Kier alpha value is -2.78. The van der Waals surface area contributed by atoms with Gasteiger partial charge >= 0.3 is 5.69 Å². The molecule has 3 aromatic rings. The molecule has 0 N–H and O–H groups in total. The van der Waals surface area contributed by atoms with Crippen LogP contribution >= 0.6 is 0 Å². The van der Waals surface area contributed by atoms with Crippen LogP contribution in [0.5, 0.6) is 0 Å². The molecule has 1 aliphatic rings. The van der Waals surface area contributed by atoms with Crippen molar-refractivity contribution in [3.8, 4) is 0 Å². The number of hydrogen-bond acceptors (Lipinski definition) is 4. The second kappa shape index (κ2) is 8.76. The van der Waals surface area contributed by atoms with E-state index in [4.69, 9.17) is 0 Å². The average molecular weight is 445 g/mol. The van der Waals surface area contributed by atoms with Gasteiger partial charge in [0.2, 0.25) is 10.0 Å². The van der Waals surface area contributed by atoms with Gasteiger partial charge in [-0.05, 0) is 37.5 Å². The van der Waals surface area contributed by atoms with Gasteiger partial charge in [0.15, 0.2) is 0 Å². The van der Waals surface area contributed by atoms with Crippen LogP contribution in [0.2, 0.25) is 0 Å². The molecule has 4 rings (SSSR count). The summed E-state index contributed by atoms with van der Waals surface area (Å²) in [6.45, 7) is 3.30. The van der Waals surface area contributed by atoms with Crippen molar-refractivity contribution in [3.05, 3.63) is 82.3 Å². The van der Waals surface area contributed by atoms with E-state index in [2.05, 4.69) is 5.10 Å². The van der Waals surface area contributed by atoms with Crippen LogP contribution in [0.1, 0.15) is 37.1 Å². The van der Waals surface area contributed by atoms with Gasteiger partial charge in [-0.1, -0.05) is 42.5 Å². The lowest BCUT2D eigenvalue weighted by Crippen LogP contribution is -2.39. The Kier molecular flexibility index (Phi) is 6.06. The highest BCUT2D eigenvalue weighted by Gasteiger charge is 2.33. The summed E-state index contributed by atoms with van der Waals surface area (Å²) in [7, 11) is -3.89. The molecule has 9 heteroatoms. The number of sulfonamides is 1. The van der Waals surface area contributed by atoms with Crippen molar-refractivity contribution in [2.75, 3.05) is 13.1 Å². The predicted octanol–water partition coefficient (Wildman–Crippen LogP) is 2.82. The number of halogens is 1. The topological polar surface area (TPSA) is 77.2 Å². The van der Waals surface area contributed by atoms with E-state index >= 15 is 0 Å². The molecule has 0 spiro atoms. The number of nitrogens with zero attached hydrogens (tertiary/aromatic N) is 4. The third-order valence-electron chi connectivity index (χ3n) is 5.72. The highest BCUT2D eigenvalue weighted by atomic mass is 32.2. The maximum absolute atomic E-state index is 14.1. The van der Waals surface area contributed by atoms with Crippen molar-refractivity contribution in [2.24, 2.45) is 0 Å². The Morgan fingerprint density at radius 3 is 2.32 bits per heavy atom. The van der Waals surface area contributed by atoms with Crippen LogP contribution in [0.25, 0.3) is 0 Å². The second-order valence-corrected chi connectivity index (χ2v) is 9.54. The van der Waals surface area contributed by atoms with Crippen molar-refractivity contribution in [2.45, 2.75) is 43.7 Å². The van der Waals surface area contributed by atoms with E-state index in [1.165, 1.54) is 27.2 Å². The van der Waals surface area contributed by atoms with Crippen LogP contribution in [0.15, 0.2) is 64.3 Å². The maximum atomic E-state index is 14.1. The van der Waals surface area contributed by atoms with Gasteiger partial charge in [0.25, 0.3) is 0 Å². The average Bonchev–Trinajstić information content (AvgIpc) is 3.10. The van der Waals surface area contributed by atoms with Crippen LogP contribution in [-0.4, -0.2) is 40.2 Å². The zero-order chi connectivity index (χ0) is 22.0. The van der Waals surface area contributed by atoms with Gasteiger partial charge in [0.1, 0.15) is 16.5 Å². The molecular weight excluding hydrogens is 419 g/mol. The van der Waals surface area contributed by atoms with Crippen LogP contribution in [-0.2, 0) is 23.1 Å². The van der Waals surface area contributed by atoms with E-state index in [1.807, 2.05) is 37.3 Å². The first kappa shape index (κ1) is 21.5. The Bertz CT molecular complexity index is 1210. The molecule has 0 atom stereocenters. The zero-order valence-electron chi connectivity index (χ0n) is 17.3. The van der Waals surface area contributed by atoms with Crippen LogP contribution < -0.4 is 5.69 Å². The van der Waals surface area contributed by atoms with Crippen molar-refractivity contribution >= 4 is 10.0 Å². The standard InChI is InChI=1S/C22H25FN4O3S/c1-2-26-21(24-27(22(26)28)16-17-8-4-3-5-9-17)18-12-14-25(15-13-18)31(29,30)20-11-7-6-10-19(20)23/h3-11,18H,2,12-16H2,1H3. The van der Waals surface area contributed by atoms with Crippen LogP contribution in [0, 0.1) is 5.82 Å². The minimum Gasteiger partial charge on any atom is -0.279 e. The summed E-state index contributed by atoms with van der Waals surface area (Å²) < 4.78 is 44.2. The summed E-state index contributed by atoms with van der Waals surface area (Å²) in [5, 5.41) is 4.60. The van der Waals surface area contributed by atoms with E-state index in [-0.39, 0.29) is 29.6 Å². The molecule has 1 fully saturated rings. The molecule has 164 valence electrons. The predicted molar refractivity (Wildman–Crippen MR) is 115 cm³/mol. The summed E-state index contributed by atoms with van der Waals surface area (Å²) in [6.07, 6.45) is 1.05. The van der Waals surface area contributed by atoms with Gasteiger partial charge in [-0.25, -0.2) is 22.3 Å². The normalized spacial score (nSPS) is 15.9. The molecule has 0 saturated carbocycles. The maximum Gasteiger partial charge on any atom is 0.346 e. The molecule has 0 bridgehead atoms.